The van der Waals surface area contributed by atoms with Gasteiger partial charge in [-0.05, 0) is 37.3 Å². The Kier molecular flexibility index (Phi) is 7.20. The summed E-state index contributed by atoms with van der Waals surface area (Å²) in [5.41, 5.74) is 0.870. The van der Waals surface area contributed by atoms with Crippen molar-refractivity contribution in [1.29, 1.82) is 0 Å². The fourth-order valence-electron chi connectivity index (χ4n) is 2.16. The standard InChI is InChI=1S/C16H24ClN3O3/c1-12(2)7-9-22-16-6-5-14(21)15(23-16)11-20-10-13(18-19-20)4-3-8-17/h5-6,10,12,15-16H,3-4,7-9,11H2,1-2H3/t15-,16+/m1/s1. The molecule has 128 valence electrons. The minimum Gasteiger partial charge on any atom is -0.349 e. The van der Waals surface area contributed by atoms with Gasteiger partial charge in [0.05, 0.1) is 18.8 Å². The number of aromatic nitrogens is 3. The summed E-state index contributed by atoms with van der Waals surface area (Å²) in [4.78, 5) is 12.0. The van der Waals surface area contributed by atoms with Crippen molar-refractivity contribution in [3.8, 4) is 0 Å². The van der Waals surface area contributed by atoms with Crippen molar-refractivity contribution < 1.29 is 14.3 Å². The SMILES string of the molecule is CC(C)CCO[C@@H]1C=CC(=O)[C@@H](Cn2cc(CCCCl)nn2)O1. The summed E-state index contributed by atoms with van der Waals surface area (Å²) in [7, 11) is 0. The molecule has 0 saturated heterocycles. The van der Waals surface area contributed by atoms with Crippen LogP contribution in [0.5, 0.6) is 0 Å². The van der Waals surface area contributed by atoms with Gasteiger partial charge in [0, 0.05) is 12.1 Å². The molecular formula is C16H24ClN3O3. The van der Waals surface area contributed by atoms with Gasteiger partial charge in [0.15, 0.2) is 12.1 Å². The molecule has 0 radical (unpaired) electrons. The van der Waals surface area contributed by atoms with E-state index in [1.54, 1.807) is 10.8 Å². The maximum Gasteiger partial charge on any atom is 0.186 e. The zero-order valence-corrected chi connectivity index (χ0v) is 14.4. The lowest BCUT2D eigenvalue weighted by molar-refractivity contribution is -0.166. The first-order chi connectivity index (χ1) is 11.1. The van der Waals surface area contributed by atoms with Gasteiger partial charge in [0.1, 0.15) is 6.10 Å². The van der Waals surface area contributed by atoms with Crippen molar-refractivity contribution in [2.45, 2.75) is 52.0 Å². The van der Waals surface area contributed by atoms with E-state index in [2.05, 4.69) is 24.2 Å². The van der Waals surface area contributed by atoms with Crippen molar-refractivity contribution >= 4 is 17.4 Å². The largest absolute Gasteiger partial charge is 0.349 e. The highest BCUT2D eigenvalue weighted by Gasteiger charge is 2.26. The van der Waals surface area contributed by atoms with Crippen LogP contribution in [0.3, 0.4) is 0 Å². The molecule has 1 aliphatic heterocycles. The normalized spacial score (nSPS) is 21.3. The van der Waals surface area contributed by atoms with Gasteiger partial charge < -0.3 is 9.47 Å². The highest BCUT2D eigenvalue weighted by atomic mass is 35.5. The second-order valence-corrected chi connectivity index (χ2v) is 6.41. The van der Waals surface area contributed by atoms with Gasteiger partial charge in [-0.25, -0.2) is 4.68 Å². The van der Waals surface area contributed by atoms with Crippen LogP contribution in [0.25, 0.3) is 0 Å². The lowest BCUT2D eigenvalue weighted by Gasteiger charge is -2.25. The van der Waals surface area contributed by atoms with Crippen LogP contribution in [0.4, 0.5) is 0 Å². The fourth-order valence-corrected chi connectivity index (χ4v) is 2.30. The van der Waals surface area contributed by atoms with Crippen LogP contribution in [-0.2, 0) is 27.2 Å². The second kappa shape index (κ2) is 9.15. The lowest BCUT2D eigenvalue weighted by atomic mass is 10.1. The summed E-state index contributed by atoms with van der Waals surface area (Å²) in [5, 5.41) is 8.10. The van der Waals surface area contributed by atoms with Crippen LogP contribution in [0.2, 0.25) is 0 Å². The number of ketones is 1. The van der Waals surface area contributed by atoms with Gasteiger partial charge >= 0.3 is 0 Å². The highest BCUT2D eigenvalue weighted by molar-refractivity contribution is 6.17. The number of halogens is 1. The predicted molar refractivity (Wildman–Crippen MR) is 87.3 cm³/mol. The molecule has 0 aromatic carbocycles. The first-order valence-electron chi connectivity index (χ1n) is 8.02. The number of hydrogen-bond acceptors (Lipinski definition) is 5. The average Bonchev–Trinajstić information content (AvgIpc) is 2.95. The summed E-state index contributed by atoms with van der Waals surface area (Å²) in [5.74, 6) is 1.09. The number of carbonyl (C=O) groups excluding carboxylic acids is 1. The van der Waals surface area contributed by atoms with E-state index in [1.165, 1.54) is 6.08 Å². The van der Waals surface area contributed by atoms with Gasteiger partial charge in [-0.1, -0.05) is 19.1 Å². The monoisotopic (exact) mass is 341 g/mol. The highest BCUT2D eigenvalue weighted by Crippen LogP contribution is 2.14. The van der Waals surface area contributed by atoms with Crippen molar-refractivity contribution in [2.75, 3.05) is 12.5 Å². The van der Waals surface area contributed by atoms with Crippen molar-refractivity contribution in [1.82, 2.24) is 15.0 Å². The summed E-state index contributed by atoms with van der Waals surface area (Å²) in [6, 6.07) is 0. The van der Waals surface area contributed by atoms with Crippen LogP contribution in [0.1, 0.15) is 32.4 Å². The van der Waals surface area contributed by atoms with E-state index < -0.39 is 12.4 Å². The molecule has 2 rings (SSSR count). The van der Waals surface area contributed by atoms with Crippen LogP contribution >= 0.6 is 11.6 Å². The Bertz CT molecular complexity index is 530. The Morgan fingerprint density at radius 2 is 2.30 bits per heavy atom. The lowest BCUT2D eigenvalue weighted by Crippen LogP contribution is -2.36. The third-order valence-electron chi connectivity index (χ3n) is 3.52. The first kappa shape index (κ1) is 18.1. The molecule has 23 heavy (non-hydrogen) atoms. The molecule has 0 aliphatic carbocycles. The molecule has 0 fully saturated rings. The van der Waals surface area contributed by atoms with Crippen molar-refractivity contribution in [2.24, 2.45) is 5.92 Å². The minimum atomic E-state index is -0.591. The molecule has 1 aromatic rings. The molecule has 0 amide bonds. The summed E-state index contributed by atoms with van der Waals surface area (Å²) >= 11 is 5.67. The molecule has 2 atom stereocenters. The summed E-state index contributed by atoms with van der Waals surface area (Å²) in [6.45, 7) is 5.22. The topological polar surface area (TPSA) is 66.2 Å². The van der Waals surface area contributed by atoms with E-state index in [0.717, 1.165) is 25.0 Å². The number of carbonyl (C=O) groups is 1. The molecule has 0 N–H and O–H groups in total. The number of alkyl halides is 1. The van der Waals surface area contributed by atoms with E-state index in [1.807, 2.05) is 6.20 Å². The molecule has 0 bridgehead atoms. The smallest absolute Gasteiger partial charge is 0.186 e. The molecule has 0 saturated carbocycles. The van der Waals surface area contributed by atoms with Crippen LogP contribution < -0.4 is 0 Å². The molecule has 1 aromatic heterocycles. The fraction of sp³-hybridized carbons (Fsp3) is 0.688. The number of nitrogens with zero attached hydrogens (tertiary/aromatic N) is 3. The average molecular weight is 342 g/mol. The minimum absolute atomic E-state index is 0.0773. The van der Waals surface area contributed by atoms with Crippen LogP contribution in [0.15, 0.2) is 18.3 Å². The quantitative estimate of drug-likeness (QED) is 0.645. The number of ether oxygens (including phenoxy) is 2. The molecule has 0 spiro atoms. The van der Waals surface area contributed by atoms with Crippen molar-refractivity contribution in [3.63, 3.8) is 0 Å². The number of rotatable bonds is 9. The Balaban J connectivity index is 1.85. The zero-order chi connectivity index (χ0) is 16.7. The van der Waals surface area contributed by atoms with Gasteiger partial charge in [-0.2, -0.15) is 0 Å². The second-order valence-electron chi connectivity index (χ2n) is 6.03. The van der Waals surface area contributed by atoms with Gasteiger partial charge in [-0.3, -0.25) is 4.79 Å². The Labute approximate surface area is 141 Å². The molecule has 7 heteroatoms. The third kappa shape index (κ3) is 6.05. The van der Waals surface area contributed by atoms with Gasteiger partial charge in [0.2, 0.25) is 0 Å². The van der Waals surface area contributed by atoms with E-state index in [4.69, 9.17) is 21.1 Å². The maximum atomic E-state index is 12.0. The van der Waals surface area contributed by atoms with Crippen LogP contribution in [-0.4, -0.2) is 45.7 Å². The molecular weight excluding hydrogens is 318 g/mol. The van der Waals surface area contributed by atoms with E-state index in [9.17, 15) is 4.79 Å². The van der Waals surface area contributed by atoms with Gasteiger partial charge in [-0.15, -0.1) is 16.7 Å². The van der Waals surface area contributed by atoms with E-state index >= 15 is 0 Å². The Morgan fingerprint density at radius 1 is 1.48 bits per heavy atom. The molecule has 6 nitrogen and oxygen atoms in total. The van der Waals surface area contributed by atoms with Crippen molar-refractivity contribution in [3.05, 3.63) is 24.0 Å². The number of hydrogen-bond donors (Lipinski definition) is 0. The summed E-state index contributed by atoms with van der Waals surface area (Å²) in [6.07, 6.45) is 6.54. The number of aryl methyl sites for hydroxylation is 1. The third-order valence-corrected chi connectivity index (χ3v) is 3.78. The molecule has 2 heterocycles. The van der Waals surface area contributed by atoms with E-state index in [0.29, 0.717) is 24.9 Å². The van der Waals surface area contributed by atoms with Gasteiger partial charge in [0.25, 0.3) is 0 Å². The Hall–Kier alpha value is -1.24. The maximum absolute atomic E-state index is 12.0. The predicted octanol–water partition coefficient (Wildman–Crippen LogP) is 2.36. The zero-order valence-electron chi connectivity index (χ0n) is 13.7. The van der Waals surface area contributed by atoms with E-state index in [-0.39, 0.29) is 5.78 Å². The molecule has 0 unspecified atom stereocenters. The Morgan fingerprint density at radius 3 is 3.04 bits per heavy atom. The summed E-state index contributed by atoms with van der Waals surface area (Å²) < 4.78 is 13.0. The van der Waals surface area contributed by atoms with Crippen LogP contribution in [0, 0.1) is 5.92 Å². The molecule has 1 aliphatic rings. The first-order valence-corrected chi connectivity index (χ1v) is 8.56.